The Bertz CT molecular complexity index is 968. The zero-order chi connectivity index (χ0) is 23.7. The Hall–Kier alpha value is -2.20. The summed E-state index contributed by atoms with van der Waals surface area (Å²) in [6.45, 7) is 2.31. The van der Waals surface area contributed by atoms with Gasteiger partial charge in [-0.15, -0.1) is 0 Å². The molecule has 2 amide bonds. The standard InChI is InChI=1S/C24H32BNO7/c1-4-14(9-16-6-7-17(12-27)32-16)5-8-20-21-15(13-31-3)10-18-22(19(21)11-25(30)33-20)24(29)26(2)23(18)28/h6-7,9,18-20,22,27,30H,4-5,8,10-13H2,1-3H3/b14-9+/t18-,19+,20-,22-/m1/s1. The van der Waals surface area contributed by atoms with Gasteiger partial charge in [0.05, 0.1) is 24.5 Å². The molecular weight excluding hydrogens is 425 g/mol. The van der Waals surface area contributed by atoms with Gasteiger partial charge in [0.2, 0.25) is 11.8 Å². The topological polar surface area (TPSA) is 109 Å². The predicted molar refractivity (Wildman–Crippen MR) is 122 cm³/mol. The minimum absolute atomic E-state index is 0.139. The van der Waals surface area contributed by atoms with Crippen molar-refractivity contribution in [1.82, 2.24) is 4.90 Å². The lowest BCUT2D eigenvalue weighted by atomic mass is 9.58. The second-order valence-electron chi connectivity index (χ2n) is 9.14. The Balaban J connectivity index is 1.59. The van der Waals surface area contributed by atoms with Crippen LogP contribution < -0.4 is 0 Å². The summed E-state index contributed by atoms with van der Waals surface area (Å²) in [4.78, 5) is 26.9. The van der Waals surface area contributed by atoms with Crippen LogP contribution in [0.5, 0.6) is 0 Å². The Morgan fingerprint density at radius 1 is 1.30 bits per heavy atom. The van der Waals surface area contributed by atoms with E-state index in [4.69, 9.17) is 13.8 Å². The molecule has 4 rings (SSSR count). The van der Waals surface area contributed by atoms with E-state index in [2.05, 4.69) is 6.92 Å². The molecule has 0 unspecified atom stereocenters. The summed E-state index contributed by atoms with van der Waals surface area (Å²) >= 11 is 0. The number of carbonyl (C=O) groups excluding carboxylic acids is 2. The lowest BCUT2D eigenvalue weighted by molar-refractivity contribution is -0.138. The molecule has 1 aliphatic carbocycles. The van der Waals surface area contributed by atoms with Crippen molar-refractivity contribution in [2.75, 3.05) is 20.8 Å². The number of hydrogen-bond acceptors (Lipinski definition) is 7. The van der Waals surface area contributed by atoms with Crippen molar-refractivity contribution in [2.45, 2.75) is 51.6 Å². The molecule has 33 heavy (non-hydrogen) atoms. The zero-order valence-electron chi connectivity index (χ0n) is 19.5. The van der Waals surface area contributed by atoms with Crippen LogP contribution in [0.3, 0.4) is 0 Å². The van der Waals surface area contributed by atoms with E-state index in [1.165, 1.54) is 4.90 Å². The zero-order valence-corrected chi connectivity index (χ0v) is 19.5. The van der Waals surface area contributed by atoms with Crippen LogP contribution in [0.25, 0.3) is 6.08 Å². The maximum absolute atomic E-state index is 12.9. The first-order chi connectivity index (χ1) is 15.9. The van der Waals surface area contributed by atoms with Crippen LogP contribution in [0.2, 0.25) is 6.32 Å². The summed E-state index contributed by atoms with van der Waals surface area (Å²) in [7, 11) is 2.19. The van der Waals surface area contributed by atoms with Gasteiger partial charge in [-0.3, -0.25) is 14.5 Å². The molecule has 4 atom stereocenters. The summed E-state index contributed by atoms with van der Waals surface area (Å²) in [5.41, 5.74) is 3.19. The molecule has 3 heterocycles. The fraction of sp³-hybridized carbons (Fsp3) is 0.583. The predicted octanol–water partition coefficient (Wildman–Crippen LogP) is 2.42. The van der Waals surface area contributed by atoms with E-state index in [0.717, 1.165) is 29.6 Å². The molecule has 0 radical (unpaired) electrons. The van der Waals surface area contributed by atoms with Crippen molar-refractivity contribution in [1.29, 1.82) is 0 Å². The van der Waals surface area contributed by atoms with Gasteiger partial charge in [0.25, 0.3) is 0 Å². The number of rotatable bonds is 8. The molecule has 178 valence electrons. The molecule has 2 aliphatic heterocycles. The molecule has 2 fully saturated rings. The molecule has 9 heteroatoms. The van der Waals surface area contributed by atoms with Crippen LogP contribution in [0.1, 0.15) is 44.1 Å². The third kappa shape index (κ3) is 4.60. The van der Waals surface area contributed by atoms with Crippen LogP contribution >= 0.6 is 0 Å². The van der Waals surface area contributed by atoms with E-state index in [1.54, 1.807) is 20.2 Å². The number of fused-ring (bicyclic) bond motifs is 3. The number of aliphatic hydroxyl groups is 1. The van der Waals surface area contributed by atoms with Crippen molar-refractivity contribution in [2.24, 2.45) is 17.8 Å². The second kappa shape index (κ2) is 9.97. The van der Waals surface area contributed by atoms with Crippen molar-refractivity contribution in [3.8, 4) is 0 Å². The van der Waals surface area contributed by atoms with Gasteiger partial charge < -0.3 is 23.9 Å². The quantitative estimate of drug-likeness (QED) is 0.351. The number of allylic oxidation sites excluding steroid dienone is 1. The van der Waals surface area contributed by atoms with Gasteiger partial charge in [-0.2, -0.15) is 0 Å². The highest BCUT2D eigenvalue weighted by Gasteiger charge is 2.56. The molecule has 0 saturated carbocycles. The Morgan fingerprint density at radius 3 is 2.76 bits per heavy atom. The SMILES string of the molecule is CC/C(=C\c1ccc(CO)o1)CC[C@H]1OB(O)C[C@H]2C1=C(COC)C[C@H]1C(=O)N(C)C(=O)[C@H]12. The van der Waals surface area contributed by atoms with E-state index in [0.29, 0.717) is 37.3 Å². The van der Waals surface area contributed by atoms with Gasteiger partial charge in [-0.1, -0.05) is 12.5 Å². The number of ether oxygens (including phenoxy) is 1. The largest absolute Gasteiger partial charge is 0.459 e. The number of imide groups is 1. The van der Waals surface area contributed by atoms with Crippen LogP contribution in [-0.2, 0) is 25.6 Å². The third-order valence-corrected chi connectivity index (χ3v) is 7.21. The fourth-order valence-corrected chi connectivity index (χ4v) is 5.65. The van der Waals surface area contributed by atoms with Crippen molar-refractivity contribution >= 4 is 25.0 Å². The smallest absolute Gasteiger partial charge is 0.455 e. The number of nitrogens with zero attached hydrogens (tertiary/aromatic N) is 1. The van der Waals surface area contributed by atoms with Gasteiger partial charge >= 0.3 is 7.12 Å². The highest BCUT2D eigenvalue weighted by atomic mass is 16.5. The first kappa shape index (κ1) is 23.9. The maximum Gasteiger partial charge on any atom is 0.455 e. The highest BCUT2D eigenvalue weighted by molar-refractivity contribution is 6.43. The summed E-state index contributed by atoms with van der Waals surface area (Å²) < 4.78 is 17.0. The van der Waals surface area contributed by atoms with Gasteiger partial charge in [0.1, 0.15) is 18.1 Å². The lowest BCUT2D eigenvalue weighted by Crippen LogP contribution is -2.46. The normalized spacial score (nSPS) is 28.0. The van der Waals surface area contributed by atoms with E-state index in [1.807, 2.05) is 12.1 Å². The number of amides is 2. The molecule has 1 aromatic heterocycles. The van der Waals surface area contributed by atoms with E-state index in [9.17, 15) is 19.7 Å². The van der Waals surface area contributed by atoms with Crippen molar-refractivity contribution < 1.29 is 33.5 Å². The molecule has 0 spiro atoms. The third-order valence-electron chi connectivity index (χ3n) is 7.21. The number of hydrogen-bond donors (Lipinski definition) is 2. The monoisotopic (exact) mass is 457 g/mol. The number of aliphatic hydroxyl groups excluding tert-OH is 1. The molecule has 8 nitrogen and oxygen atoms in total. The molecule has 0 bridgehead atoms. The minimum atomic E-state index is -0.980. The first-order valence-electron chi connectivity index (χ1n) is 11.6. The molecule has 0 aromatic carbocycles. The van der Waals surface area contributed by atoms with E-state index >= 15 is 0 Å². The summed E-state index contributed by atoms with van der Waals surface area (Å²) in [6, 6.07) is 3.58. The average molecular weight is 457 g/mol. The minimum Gasteiger partial charge on any atom is -0.459 e. The maximum atomic E-state index is 12.9. The molecule has 2 saturated heterocycles. The van der Waals surface area contributed by atoms with Gasteiger partial charge in [0.15, 0.2) is 0 Å². The van der Waals surface area contributed by atoms with Crippen LogP contribution in [0.15, 0.2) is 33.3 Å². The van der Waals surface area contributed by atoms with Crippen LogP contribution in [0.4, 0.5) is 0 Å². The fourth-order valence-electron chi connectivity index (χ4n) is 5.65. The number of likely N-dealkylation sites (tertiary alicyclic amines) is 1. The Morgan fingerprint density at radius 2 is 2.09 bits per heavy atom. The summed E-state index contributed by atoms with van der Waals surface area (Å²) in [5.74, 6) is -0.161. The van der Waals surface area contributed by atoms with Crippen molar-refractivity contribution in [3.05, 3.63) is 40.4 Å². The highest BCUT2D eigenvalue weighted by Crippen LogP contribution is 2.50. The molecule has 2 N–H and O–H groups in total. The molecular formula is C24H32BNO7. The Kier molecular flexibility index (Phi) is 7.23. The first-order valence-corrected chi connectivity index (χ1v) is 11.6. The Labute approximate surface area is 194 Å². The number of furan rings is 1. The second-order valence-corrected chi connectivity index (χ2v) is 9.14. The molecule has 3 aliphatic rings. The average Bonchev–Trinajstić information content (AvgIpc) is 3.34. The van der Waals surface area contributed by atoms with Crippen LogP contribution in [-0.4, -0.2) is 60.8 Å². The summed E-state index contributed by atoms with van der Waals surface area (Å²) in [6.07, 6.45) is 4.60. The van der Waals surface area contributed by atoms with Gasteiger partial charge in [-0.05, 0) is 67.3 Å². The van der Waals surface area contributed by atoms with Gasteiger partial charge in [0, 0.05) is 14.2 Å². The van der Waals surface area contributed by atoms with Crippen molar-refractivity contribution in [3.63, 3.8) is 0 Å². The lowest BCUT2D eigenvalue weighted by Gasteiger charge is -2.43. The number of carbonyl (C=O) groups is 2. The van der Waals surface area contributed by atoms with E-state index in [-0.39, 0.29) is 30.4 Å². The van der Waals surface area contributed by atoms with Crippen LogP contribution in [0, 0.1) is 17.8 Å². The van der Waals surface area contributed by atoms with E-state index < -0.39 is 19.0 Å². The molecule has 1 aromatic rings. The summed E-state index contributed by atoms with van der Waals surface area (Å²) in [5, 5.41) is 19.7. The number of methoxy groups -OCH3 is 1. The van der Waals surface area contributed by atoms with Gasteiger partial charge in [-0.25, -0.2) is 0 Å².